The fourth-order valence-corrected chi connectivity index (χ4v) is 2.73. The first-order chi connectivity index (χ1) is 11.7. The largest absolute Gasteiger partial charge is 0.451 e. The van der Waals surface area contributed by atoms with Crippen LogP contribution >= 0.6 is 0 Å². The molecule has 2 N–H and O–H groups in total. The number of nitrogens with one attached hydrogen (secondary N) is 2. The average molecular weight is 352 g/mol. The number of rotatable bonds is 4. The first-order valence-electron chi connectivity index (χ1n) is 8.15. The lowest BCUT2D eigenvalue weighted by molar-refractivity contribution is -0.144. The van der Waals surface area contributed by atoms with E-state index in [1.807, 2.05) is 13.8 Å². The fraction of sp³-hybridized carbons (Fsp3) is 0.471. The zero-order valence-electron chi connectivity index (χ0n) is 13.9. The molecule has 1 aliphatic rings. The summed E-state index contributed by atoms with van der Waals surface area (Å²) in [4.78, 5) is 18.9. The first-order valence-corrected chi connectivity index (χ1v) is 8.15. The van der Waals surface area contributed by atoms with Crippen molar-refractivity contribution in [1.29, 1.82) is 0 Å². The first kappa shape index (κ1) is 17.4. The molecule has 1 aromatic heterocycles. The molecule has 0 spiro atoms. The number of para-hydroxylation sites is 1. The third kappa shape index (κ3) is 3.83. The van der Waals surface area contributed by atoms with Crippen molar-refractivity contribution >= 4 is 22.6 Å². The second-order valence-corrected chi connectivity index (χ2v) is 6.58. The lowest BCUT2D eigenvalue weighted by Gasteiger charge is -2.37. The summed E-state index contributed by atoms with van der Waals surface area (Å²) in [6.07, 6.45) is -3.30. The summed E-state index contributed by atoms with van der Waals surface area (Å²) in [5.41, 5.74) is 0.247. The van der Waals surface area contributed by atoms with E-state index >= 15 is 0 Å². The molecule has 8 heteroatoms. The number of anilines is 1. The molecular weight excluding hydrogens is 333 g/mol. The van der Waals surface area contributed by atoms with Gasteiger partial charge < -0.3 is 10.6 Å². The van der Waals surface area contributed by atoms with Crippen molar-refractivity contribution in [3.63, 3.8) is 0 Å². The molecule has 1 heterocycles. The smallest absolute Gasteiger partial charge is 0.367 e. The van der Waals surface area contributed by atoms with Crippen molar-refractivity contribution in [2.24, 2.45) is 5.92 Å². The molecule has 0 aliphatic heterocycles. The number of carbonyl (C=O) groups excluding carboxylic acids is 1. The van der Waals surface area contributed by atoms with Gasteiger partial charge in [-0.15, -0.1) is 0 Å². The molecule has 3 rings (SSSR count). The molecule has 2 aromatic rings. The van der Waals surface area contributed by atoms with E-state index in [0.29, 0.717) is 18.2 Å². The van der Waals surface area contributed by atoms with Crippen molar-refractivity contribution in [1.82, 2.24) is 15.3 Å². The standard InChI is InChI=1S/C17H19F3N4O/c1-9(2)15(25)22-11-7-10(8-11)21-14-12-5-3-4-6-13(12)23-16(24-14)17(18,19)20/h3-6,9-11H,7-8H2,1-2H3,(H,22,25)(H,21,23,24). The summed E-state index contributed by atoms with van der Waals surface area (Å²) in [5, 5.41) is 6.52. The number of hydrogen-bond donors (Lipinski definition) is 2. The number of aromatic nitrogens is 2. The normalized spacial score (nSPS) is 20.4. The summed E-state index contributed by atoms with van der Waals surface area (Å²) >= 11 is 0. The summed E-state index contributed by atoms with van der Waals surface area (Å²) in [7, 11) is 0. The Morgan fingerprint density at radius 3 is 2.48 bits per heavy atom. The molecule has 5 nitrogen and oxygen atoms in total. The highest BCUT2D eigenvalue weighted by molar-refractivity contribution is 5.89. The second-order valence-electron chi connectivity index (χ2n) is 6.58. The minimum atomic E-state index is -4.60. The number of benzene rings is 1. The molecule has 1 amide bonds. The van der Waals surface area contributed by atoms with E-state index in [1.54, 1.807) is 18.2 Å². The molecule has 0 radical (unpaired) electrons. The van der Waals surface area contributed by atoms with Crippen LogP contribution in [0.3, 0.4) is 0 Å². The van der Waals surface area contributed by atoms with Gasteiger partial charge in [-0.3, -0.25) is 4.79 Å². The van der Waals surface area contributed by atoms with Crippen LogP contribution in [0.25, 0.3) is 10.9 Å². The number of halogens is 3. The van der Waals surface area contributed by atoms with Crippen LogP contribution in [-0.4, -0.2) is 28.0 Å². The van der Waals surface area contributed by atoms with Crippen LogP contribution in [0.15, 0.2) is 24.3 Å². The number of carbonyl (C=O) groups is 1. The highest BCUT2D eigenvalue weighted by Gasteiger charge is 2.36. The van der Waals surface area contributed by atoms with Crippen molar-refractivity contribution in [3.05, 3.63) is 30.1 Å². The van der Waals surface area contributed by atoms with Crippen LogP contribution < -0.4 is 10.6 Å². The lowest BCUT2D eigenvalue weighted by Crippen LogP contribution is -2.50. The minimum absolute atomic E-state index is 0.0182. The van der Waals surface area contributed by atoms with Gasteiger partial charge >= 0.3 is 6.18 Å². The molecule has 0 unspecified atom stereocenters. The maximum absolute atomic E-state index is 13.0. The van der Waals surface area contributed by atoms with Gasteiger partial charge in [0.15, 0.2) is 0 Å². The Labute approximate surface area is 143 Å². The molecule has 0 bridgehead atoms. The Bertz CT molecular complexity index is 785. The van der Waals surface area contributed by atoms with E-state index in [9.17, 15) is 18.0 Å². The van der Waals surface area contributed by atoms with E-state index in [0.717, 1.165) is 0 Å². The van der Waals surface area contributed by atoms with Crippen molar-refractivity contribution in [3.8, 4) is 0 Å². The SMILES string of the molecule is CC(C)C(=O)NC1CC(Nc2nc(C(F)(F)F)nc3ccccc23)C1. The highest BCUT2D eigenvalue weighted by Crippen LogP contribution is 2.32. The topological polar surface area (TPSA) is 66.9 Å². The Morgan fingerprint density at radius 1 is 1.16 bits per heavy atom. The number of hydrogen-bond acceptors (Lipinski definition) is 4. The minimum Gasteiger partial charge on any atom is -0.367 e. The Hall–Kier alpha value is -2.38. The molecule has 25 heavy (non-hydrogen) atoms. The van der Waals surface area contributed by atoms with Crippen LogP contribution in [0.4, 0.5) is 19.0 Å². The van der Waals surface area contributed by atoms with Gasteiger partial charge in [-0.2, -0.15) is 13.2 Å². The number of nitrogens with zero attached hydrogens (tertiary/aromatic N) is 2. The molecule has 1 aliphatic carbocycles. The highest BCUT2D eigenvalue weighted by atomic mass is 19.4. The maximum atomic E-state index is 13.0. The lowest BCUT2D eigenvalue weighted by atomic mass is 9.86. The quantitative estimate of drug-likeness (QED) is 0.885. The molecular formula is C17H19F3N4O. The molecule has 1 saturated carbocycles. The summed E-state index contributed by atoms with van der Waals surface area (Å²) < 4.78 is 39.0. The number of alkyl halides is 3. The van der Waals surface area contributed by atoms with E-state index in [-0.39, 0.29) is 35.2 Å². The maximum Gasteiger partial charge on any atom is 0.451 e. The van der Waals surface area contributed by atoms with Gasteiger partial charge in [0.2, 0.25) is 11.7 Å². The van der Waals surface area contributed by atoms with Crippen LogP contribution in [0.1, 0.15) is 32.5 Å². The van der Waals surface area contributed by atoms with Gasteiger partial charge in [0.1, 0.15) is 5.82 Å². The second kappa shape index (κ2) is 6.50. The average Bonchev–Trinajstić information content (AvgIpc) is 2.51. The van der Waals surface area contributed by atoms with Crippen molar-refractivity contribution in [2.75, 3.05) is 5.32 Å². The number of amides is 1. The molecule has 134 valence electrons. The summed E-state index contributed by atoms with van der Waals surface area (Å²) in [6, 6.07) is 6.61. The molecule has 1 aromatic carbocycles. The van der Waals surface area contributed by atoms with E-state index in [1.165, 1.54) is 6.07 Å². The van der Waals surface area contributed by atoms with E-state index in [4.69, 9.17) is 0 Å². The van der Waals surface area contributed by atoms with Gasteiger partial charge in [0.25, 0.3) is 0 Å². The van der Waals surface area contributed by atoms with Gasteiger partial charge in [0, 0.05) is 23.4 Å². The van der Waals surface area contributed by atoms with Crippen molar-refractivity contribution in [2.45, 2.75) is 44.9 Å². The monoisotopic (exact) mass is 352 g/mol. The van der Waals surface area contributed by atoms with Gasteiger partial charge in [0.05, 0.1) is 5.52 Å². The van der Waals surface area contributed by atoms with Crippen LogP contribution in [-0.2, 0) is 11.0 Å². The Morgan fingerprint density at radius 2 is 1.84 bits per heavy atom. The molecule has 0 saturated heterocycles. The van der Waals surface area contributed by atoms with Crippen LogP contribution in [0.5, 0.6) is 0 Å². The zero-order valence-corrected chi connectivity index (χ0v) is 13.9. The Kier molecular flexibility index (Phi) is 4.53. The molecule has 0 atom stereocenters. The number of fused-ring (bicyclic) bond motifs is 1. The van der Waals surface area contributed by atoms with Gasteiger partial charge in [-0.25, -0.2) is 9.97 Å². The predicted octanol–water partition coefficient (Wildman–Crippen LogP) is 3.36. The van der Waals surface area contributed by atoms with E-state index < -0.39 is 12.0 Å². The van der Waals surface area contributed by atoms with E-state index in [2.05, 4.69) is 20.6 Å². The predicted molar refractivity (Wildman–Crippen MR) is 88.0 cm³/mol. The van der Waals surface area contributed by atoms with Crippen LogP contribution in [0.2, 0.25) is 0 Å². The Balaban J connectivity index is 1.75. The zero-order chi connectivity index (χ0) is 18.2. The van der Waals surface area contributed by atoms with Crippen molar-refractivity contribution < 1.29 is 18.0 Å². The fourth-order valence-electron chi connectivity index (χ4n) is 2.73. The summed E-state index contributed by atoms with van der Waals surface area (Å²) in [6.45, 7) is 3.63. The van der Waals surface area contributed by atoms with Gasteiger partial charge in [-0.1, -0.05) is 26.0 Å². The third-order valence-corrected chi connectivity index (χ3v) is 4.21. The third-order valence-electron chi connectivity index (χ3n) is 4.21. The van der Waals surface area contributed by atoms with Crippen LogP contribution in [0, 0.1) is 5.92 Å². The van der Waals surface area contributed by atoms with Gasteiger partial charge in [-0.05, 0) is 25.0 Å². The molecule has 1 fully saturated rings. The summed E-state index contributed by atoms with van der Waals surface area (Å²) in [5.74, 6) is -1.09.